The quantitative estimate of drug-likeness (QED) is 0.167. The lowest BCUT2D eigenvalue weighted by Gasteiger charge is -2.27. The molecule has 0 N–H and O–H groups in total. The van der Waals surface area contributed by atoms with Crippen molar-refractivity contribution < 1.29 is 0 Å². The van der Waals surface area contributed by atoms with Gasteiger partial charge in [-0.15, -0.1) is 0 Å². The zero-order chi connectivity index (χ0) is 37.0. The van der Waals surface area contributed by atoms with Crippen LogP contribution in [0.1, 0.15) is 0 Å². The van der Waals surface area contributed by atoms with Gasteiger partial charge in [0, 0.05) is 38.6 Å². The van der Waals surface area contributed by atoms with Crippen LogP contribution in [0.3, 0.4) is 0 Å². The largest absolute Gasteiger partial charge is 0.310 e. The molecular formula is C54H36N2. The molecule has 2 nitrogen and oxygen atoms in total. The third-order valence-electron chi connectivity index (χ3n) is 11.4. The lowest BCUT2D eigenvalue weighted by molar-refractivity contribution is 1.19. The van der Waals surface area contributed by atoms with Crippen molar-refractivity contribution in [1.82, 2.24) is 4.57 Å². The normalized spacial score (nSPS) is 11.6. The van der Waals surface area contributed by atoms with E-state index in [-0.39, 0.29) is 0 Å². The summed E-state index contributed by atoms with van der Waals surface area (Å²) in [5.74, 6) is 0. The number of nitrogens with zero attached hydrogens (tertiary/aromatic N) is 2. The molecule has 0 amide bonds. The predicted molar refractivity (Wildman–Crippen MR) is 239 cm³/mol. The first-order chi connectivity index (χ1) is 27.8. The van der Waals surface area contributed by atoms with E-state index in [1.54, 1.807) is 0 Å². The number of para-hydroxylation sites is 2. The molecule has 0 unspecified atom stereocenters. The van der Waals surface area contributed by atoms with Gasteiger partial charge in [0.15, 0.2) is 0 Å². The fourth-order valence-electron chi connectivity index (χ4n) is 8.69. The maximum Gasteiger partial charge on any atom is 0.0619 e. The Morgan fingerprint density at radius 3 is 1.71 bits per heavy atom. The van der Waals surface area contributed by atoms with E-state index in [0.29, 0.717) is 0 Å². The molecule has 0 bridgehead atoms. The van der Waals surface area contributed by atoms with Crippen LogP contribution in [0.5, 0.6) is 0 Å². The van der Waals surface area contributed by atoms with Crippen molar-refractivity contribution in [1.29, 1.82) is 0 Å². The van der Waals surface area contributed by atoms with Gasteiger partial charge in [-0.25, -0.2) is 0 Å². The van der Waals surface area contributed by atoms with Crippen molar-refractivity contribution in [3.8, 4) is 27.9 Å². The van der Waals surface area contributed by atoms with Crippen LogP contribution < -0.4 is 4.90 Å². The van der Waals surface area contributed by atoms with E-state index in [4.69, 9.17) is 0 Å². The Kier molecular flexibility index (Phi) is 7.53. The minimum atomic E-state index is 1.11. The second-order valence-electron chi connectivity index (χ2n) is 14.5. The summed E-state index contributed by atoms with van der Waals surface area (Å²) in [4.78, 5) is 2.38. The third kappa shape index (κ3) is 5.26. The lowest BCUT2D eigenvalue weighted by Crippen LogP contribution is -2.10. The molecule has 11 rings (SSSR count). The fourth-order valence-corrected chi connectivity index (χ4v) is 8.69. The van der Waals surface area contributed by atoms with Gasteiger partial charge in [0.2, 0.25) is 0 Å². The van der Waals surface area contributed by atoms with E-state index in [9.17, 15) is 0 Å². The molecule has 1 aromatic heterocycles. The van der Waals surface area contributed by atoms with Crippen molar-refractivity contribution in [2.45, 2.75) is 0 Å². The van der Waals surface area contributed by atoms with Crippen LogP contribution in [-0.2, 0) is 0 Å². The Morgan fingerprint density at radius 2 is 0.911 bits per heavy atom. The molecular weight excluding hydrogens is 677 g/mol. The predicted octanol–water partition coefficient (Wildman–Crippen LogP) is 15.0. The van der Waals surface area contributed by atoms with E-state index in [1.165, 1.54) is 76.4 Å². The number of benzene rings is 10. The van der Waals surface area contributed by atoms with Crippen molar-refractivity contribution in [3.05, 3.63) is 218 Å². The Labute approximate surface area is 325 Å². The van der Waals surface area contributed by atoms with Crippen molar-refractivity contribution >= 4 is 71.2 Å². The Hall–Kier alpha value is -7.42. The molecule has 262 valence electrons. The summed E-state index contributed by atoms with van der Waals surface area (Å²) in [7, 11) is 0. The number of rotatable bonds is 6. The second-order valence-corrected chi connectivity index (χ2v) is 14.5. The molecule has 0 saturated heterocycles. The fraction of sp³-hybridized carbons (Fsp3) is 0. The molecule has 0 radical (unpaired) electrons. The highest BCUT2D eigenvalue weighted by Gasteiger charge is 2.19. The minimum Gasteiger partial charge on any atom is -0.310 e. The standard InChI is InChI=1S/C54H36N2/c1-2-15-43(16-3-1)55(44-29-24-38(25-30-44)42-23-22-37-12-4-5-14-41(37)36-42)53-35-34-46(48-18-8-9-19-49(48)53)40-26-31-45(32-27-40)56-52-21-11-10-20-50(52)51-33-28-39-13-6-7-17-47(39)54(51)56/h1-36H. The molecule has 2 heteroatoms. The number of hydrogen-bond acceptors (Lipinski definition) is 1. The van der Waals surface area contributed by atoms with E-state index >= 15 is 0 Å². The van der Waals surface area contributed by atoms with E-state index in [0.717, 1.165) is 22.7 Å². The summed E-state index contributed by atoms with van der Waals surface area (Å²) in [6, 6.07) is 79.4. The van der Waals surface area contributed by atoms with Gasteiger partial charge in [-0.1, -0.05) is 164 Å². The molecule has 0 fully saturated rings. The van der Waals surface area contributed by atoms with Gasteiger partial charge in [0.25, 0.3) is 0 Å². The smallest absolute Gasteiger partial charge is 0.0619 e. The third-order valence-corrected chi connectivity index (χ3v) is 11.4. The van der Waals surface area contributed by atoms with Gasteiger partial charge in [0.05, 0.1) is 16.7 Å². The first-order valence-corrected chi connectivity index (χ1v) is 19.3. The van der Waals surface area contributed by atoms with E-state index in [1.807, 2.05) is 0 Å². The van der Waals surface area contributed by atoms with Gasteiger partial charge >= 0.3 is 0 Å². The lowest BCUT2D eigenvalue weighted by atomic mass is 9.96. The van der Waals surface area contributed by atoms with Crippen LogP contribution in [-0.4, -0.2) is 4.57 Å². The second kappa shape index (κ2) is 13.2. The molecule has 0 aliphatic carbocycles. The monoisotopic (exact) mass is 712 g/mol. The number of fused-ring (bicyclic) bond motifs is 7. The summed E-state index contributed by atoms with van der Waals surface area (Å²) in [6.07, 6.45) is 0. The topological polar surface area (TPSA) is 8.17 Å². The zero-order valence-corrected chi connectivity index (χ0v) is 30.7. The van der Waals surface area contributed by atoms with Gasteiger partial charge in [-0.05, 0) is 98.4 Å². The van der Waals surface area contributed by atoms with Crippen molar-refractivity contribution in [2.75, 3.05) is 4.90 Å². The molecule has 0 aliphatic rings. The van der Waals surface area contributed by atoms with Crippen LogP contribution in [0.2, 0.25) is 0 Å². The molecule has 0 saturated carbocycles. The molecule has 0 atom stereocenters. The average molecular weight is 713 g/mol. The summed E-state index contributed by atoms with van der Waals surface area (Å²) in [5, 5.41) is 9.98. The summed E-state index contributed by atoms with van der Waals surface area (Å²) >= 11 is 0. The highest BCUT2D eigenvalue weighted by molar-refractivity contribution is 6.18. The van der Waals surface area contributed by atoms with E-state index < -0.39 is 0 Å². The van der Waals surface area contributed by atoms with Crippen LogP contribution in [0, 0.1) is 0 Å². The summed E-state index contributed by atoms with van der Waals surface area (Å²) in [5.41, 5.74) is 11.8. The van der Waals surface area contributed by atoms with Crippen LogP contribution >= 0.6 is 0 Å². The Bertz CT molecular complexity index is 3230. The molecule has 10 aromatic carbocycles. The number of aromatic nitrogens is 1. The van der Waals surface area contributed by atoms with Gasteiger partial charge in [0.1, 0.15) is 0 Å². The molecule has 0 aliphatic heterocycles. The van der Waals surface area contributed by atoms with Crippen LogP contribution in [0.15, 0.2) is 218 Å². The Balaban J connectivity index is 1.01. The highest BCUT2D eigenvalue weighted by atomic mass is 15.1. The molecule has 0 spiro atoms. The Morgan fingerprint density at radius 1 is 0.321 bits per heavy atom. The summed E-state index contributed by atoms with van der Waals surface area (Å²) in [6.45, 7) is 0. The maximum absolute atomic E-state index is 2.43. The van der Waals surface area contributed by atoms with Gasteiger partial charge in [-0.2, -0.15) is 0 Å². The van der Waals surface area contributed by atoms with Crippen molar-refractivity contribution in [2.24, 2.45) is 0 Å². The molecule has 1 heterocycles. The minimum absolute atomic E-state index is 1.11. The SMILES string of the molecule is c1ccc(N(c2ccc(-c3ccc4ccccc4c3)cc2)c2ccc(-c3ccc(-n4c5ccccc5c5ccc6ccccc6c54)cc3)c3ccccc23)cc1. The van der Waals surface area contributed by atoms with E-state index in [2.05, 4.69) is 228 Å². The van der Waals surface area contributed by atoms with Crippen molar-refractivity contribution in [3.63, 3.8) is 0 Å². The number of hydrogen-bond donors (Lipinski definition) is 0. The summed E-state index contributed by atoms with van der Waals surface area (Å²) < 4.78 is 2.43. The maximum atomic E-state index is 2.43. The number of anilines is 3. The highest BCUT2D eigenvalue weighted by Crippen LogP contribution is 2.43. The zero-order valence-electron chi connectivity index (χ0n) is 30.7. The van der Waals surface area contributed by atoms with Crippen LogP contribution in [0.4, 0.5) is 17.1 Å². The molecule has 56 heavy (non-hydrogen) atoms. The first kappa shape index (κ1) is 32.0. The molecule has 11 aromatic rings. The first-order valence-electron chi connectivity index (χ1n) is 19.3. The van der Waals surface area contributed by atoms with Gasteiger partial charge < -0.3 is 9.47 Å². The average Bonchev–Trinajstić information content (AvgIpc) is 3.62. The van der Waals surface area contributed by atoms with Gasteiger partial charge in [-0.3, -0.25) is 0 Å². The van der Waals surface area contributed by atoms with Crippen LogP contribution in [0.25, 0.3) is 82.1 Å².